The highest BCUT2D eigenvalue weighted by atomic mass is 32.1. The highest BCUT2D eigenvalue weighted by Crippen LogP contribution is 2.33. The second kappa shape index (κ2) is 8.64. The Hall–Kier alpha value is -1.93. The molecule has 0 aliphatic heterocycles. The molecule has 0 radical (unpaired) electrons. The molecule has 0 fully saturated rings. The van der Waals surface area contributed by atoms with Crippen LogP contribution >= 0.6 is 11.3 Å². The molecule has 1 aromatic heterocycles. The van der Waals surface area contributed by atoms with Crippen LogP contribution in [-0.2, 0) is 10.9 Å². The quantitative estimate of drug-likeness (QED) is 0.700. The minimum absolute atomic E-state index is 0.235. The van der Waals surface area contributed by atoms with Crippen molar-refractivity contribution >= 4 is 17.2 Å². The molecule has 1 heterocycles. The van der Waals surface area contributed by atoms with E-state index in [1.165, 1.54) is 6.07 Å². The fraction of sp³-hybridized carbons (Fsp3) is 0.444. The Bertz CT molecular complexity index is 744. The highest BCUT2D eigenvalue weighted by Gasteiger charge is 2.30. The number of alkyl halides is 3. The molecule has 0 unspecified atom stereocenters. The molecule has 0 saturated carbocycles. The molecule has 1 aromatic carbocycles. The molecular weight excluding hydrogens is 365 g/mol. The molecule has 0 saturated heterocycles. The Balaban J connectivity index is 2.24. The summed E-state index contributed by atoms with van der Waals surface area (Å²) in [6, 6.07) is 4.95. The number of carbonyl (C=O) groups excluding carboxylic acids is 1. The number of halogens is 3. The lowest BCUT2D eigenvalue weighted by Gasteiger charge is -2.23. The lowest BCUT2D eigenvalue weighted by molar-refractivity contribution is -0.137. The van der Waals surface area contributed by atoms with E-state index < -0.39 is 11.7 Å². The number of nitrogens with zero attached hydrogens (tertiary/aromatic N) is 2. The van der Waals surface area contributed by atoms with Gasteiger partial charge in [0.05, 0.1) is 12.2 Å². The Kier molecular flexibility index (Phi) is 6.77. The van der Waals surface area contributed by atoms with Gasteiger partial charge in [0, 0.05) is 31.1 Å². The number of rotatable bonds is 7. The molecule has 0 bridgehead atoms. The van der Waals surface area contributed by atoms with Crippen LogP contribution in [0.3, 0.4) is 0 Å². The van der Waals surface area contributed by atoms with E-state index in [4.69, 9.17) is 4.74 Å². The summed E-state index contributed by atoms with van der Waals surface area (Å²) in [5.74, 6) is 0.0302. The van der Waals surface area contributed by atoms with Crippen LogP contribution in [0.1, 0.15) is 29.9 Å². The number of methoxy groups -OCH3 is 1. The van der Waals surface area contributed by atoms with Crippen molar-refractivity contribution in [3.63, 3.8) is 0 Å². The van der Waals surface area contributed by atoms with Crippen molar-refractivity contribution in [1.29, 1.82) is 0 Å². The molecule has 0 spiro atoms. The predicted molar refractivity (Wildman–Crippen MR) is 95.2 cm³/mol. The van der Waals surface area contributed by atoms with Gasteiger partial charge in [-0.25, -0.2) is 4.98 Å². The number of ether oxygens (including phenoxy) is 1. The Morgan fingerprint density at radius 1 is 1.35 bits per heavy atom. The van der Waals surface area contributed by atoms with Crippen molar-refractivity contribution in [1.82, 2.24) is 9.88 Å². The molecule has 0 aliphatic carbocycles. The summed E-state index contributed by atoms with van der Waals surface area (Å²) in [5, 5.41) is 1.97. The number of hydrogen-bond donors (Lipinski definition) is 0. The van der Waals surface area contributed by atoms with Crippen LogP contribution in [-0.4, -0.2) is 42.6 Å². The first-order valence-corrected chi connectivity index (χ1v) is 9.01. The van der Waals surface area contributed by atoms with E-state index in [9.17, 15) is 18.0 Å². The molecule has 2 aromatic rings. The van der Waals surface area contributed by atoms with Gasteiger partial charge in [0.1, 0.15) is 10.7 Å². The predicted octanol–water partition coefficient (Wildman–Crippen LogP) is 4.57. The van der Waals surface area contributed by atoms with Crippen molar-refractivity contribution in [2.45, 2.75) is 20.0 Å². The number of thiazole rings is 1. The lowest BCUT2D eigenvalue weighted by Crippen LogP contribution is -2.36. The summed E-state index contributed by atoms with van der Waals surface area (Å²) < 4.78 is 43.7. The third-order valence-electron chi connectivity index (χ3n) is 3.60. The van der Waals surface area contributed by atoms with Gasteiger partial charge >= 0.3 is 6.18 Å². The zero-order valence-electron chi connectivity index (χ0n) is 14.8. The van der Waals surface area contributed by atoms with Crippen LogP contribution in [0, 0.1) is 5.92 Å². The Labute approximate surface area is 154 Å². The molecule has 0 aliphatic rings. The molecule has 2 rings (SSSR count). The second-order valence-corrected chi connectivity index (χ2v) is 7.11. The first-order chi connectivity index (χ1) is 12.2. The van der Waals surface area contributed by atoms with Gasteiger partial charge in [0.15, 0.2) is 0 Å². The second-order valence-electron chi connectivity index (χ2n) is 6.25. The summed E-state index contributed by atoms with van der Waals surface area (Å²) in [5.41, 5.74) is -0.157. The summed E-state index contributed by atoms with van der Waals surface area (Å²) in [7, 11) is 1.56. The minimum Gasteiger partial charge on any atom is -0.383 e. The maximum atomic E-state index is 12.9. The van der Waals surface area contributed by atoms with Crippen molar-refractivity contribution in [3.05, 3.63) is 40.9 Å². The first-order valence-electron chi connectivity index (χ1n) is 8.13. The van der Waals surface area contributed by atoms with Gasteiger partial charge < -0.3 is 9.64 Å². The third-order valence-corrected chi connectivity index (χ3v) is 4.49. The van der Waals surface area contributed by atoms with Gasteiger partial charge in [0.2, 0.25) is 0 Å². The molecule has 8 heteroatoms. The van der Waals surface area contributed by atoms with E-state index in [1.54, 1.807) is 23.5 Å². The van der Waals surface area contributed by atoms with Gasteiger partial charge in [-0.1, -0.05) is 26.0 Å². The standard InChI is InChI=1S/C18H21F3N2O2S/c1-12(2)10-23(7-8-25-3)17(24)15-11-26-16(22-15)13-5-4-6-14(9-13)18(19,20)21/h4-6,9,11-12H,7-8,10H2,1-3H3. The lowest BCUT2D eigenvalue weighted by atomic mass is 10.1. The largest absolute Gasteiger partial charge is 0.416 e. The van der Waals surface area contributed by atoms with Crippen molar-refractivity contribution in [2.24, 2.45) is 5.92 Å². The third kappa shape index (κ3) is 5.28. The Morgan fingerprint density at radius 3 is 2.69 bits per heavy atom. The van der Waals surface area contributed by atoms with E-state index in [1.807, 2.05) is 13.8 Å². The van der Waals surface area contributed by atoms with Gasteiger partial charge in [-0.15, -0.1) is 11.3 Å². The minimum atomic E-state index is -4.42. The molecule has 0 N–H and O–H groups in total. The van der Waals surface area contributed by atoms with Crippen molar-refractivity contribution in [2.75, 3.05) is 26.8 Å². The Morgan fingerprint density at radius 2 is 2.08 bits per heavy atom. The molecule has 26 heavy (non-hydrogen) atoms. The zero-order valence-corrected chi connectivity index (χ0v) is 15.7. The number of carbonyl (C=O) groups is 1. The SMILES string of the molecule is COCCN(CC(C)C)C(=O)c1csc(-c2cccc(C(F)(F)F)c2)n1. The van der Waals surface area contributed by atoms with Crippen molar-refractivity contribution < 1.29 is 22.7 Å². The zero-order chi connectivity index (χ0) is 19.3. The van der Waals surface area contributed by atoms with Gasteiger partial charge in [-0.3, -0.25) is 4.79 Å². The van der Waals surface area contributed by atoms with Crippen LogP contribution in [0.15, 0.2) is 29.6 Å². The fourth-order valence-corrected chi connectivity index (χ4v) is 3.20. The smallest absolute Gasteiger partial charge is 0.383 e. The maximum absolute atomic E-state index is 12.9. The first kappa shape index (κ1) is 20.4. The number of aromatic nitrogens is 1. The molecular formula is C18H21F3N2O2S. The number of amides is 1. The van der Waals surface area contributed by atoms with Gasteiger partial charge in [-0.05, 0) is 18.1 Å². The van der Waals surface area contributed by atoms with E-state index in [2.05, 4.69) is 4.98 Å². The van der Waals surface area contributed by atoms with Crippen LogP contribution in [0.2, 0.25) is 0 Å². The van der Waals surface area contributed by atoms with Gasteiger partial charge in [0.25, 0.3) is 5.91 Å². The van der Waals surface area contributed by atoms with Gasteiger partial charge in [-0.2, -0.15) is 13.2 Å². The normalized spacial score (nSPS) is 11.8. The fourth-order valence-electron chi connectivity index (χ4n) is 2.41. The summed E-state index contributed by atoms with van der Waals surface area (Å²) >= 11 is 1.15. The number of hydrogen-bond acceptors (Lipinski definition) is 4. The van der Waals surface area contributed by atoms with Crippen molar-refractivity contribution in [3.8, 4) is 10.6 Å². The molecule has 4 nitrogen and oxygen atoms in total. The van der Waals surface area contributed by atoms with E-state index in [0.717, 1.165) is 23.5 Å². The van der Waals surface area contributed by atoms with E-state index >= 15 is 0 Å². The van der Waals surface area contributed by atoms with E-state index in [0.29, 0.717) is 30.3 Å². The number of benzene rings is 1. The average molecular weight is 386 g/mol. The highest BCUT2D eigenvalue weighted by molar-refractivity contribution is 7.13. The average Bonchev–Trinajstić information content (AvgIpc) is 3.07. The van der Waals surface area contributed by atoms with E-state index in [-0.39, 0.29) is 17.5 Å². The van der Waals surface area contributed by atoms with Crippen LogP contribution in [0.5, 0.6) is 0 Å². The molecule has 142 valence electrons. The van der Waals surface area contributed by atoms with Crippen LogP contribution in [0.25, 0.3) is 10.6 Å². The van der Waals surface area contributed by atoms with Crippen LogP contribution in [0.4, 0.5) is 13.2 Å². The molecule has 1 amide bonds. The maximum Gasteiger partial charge on any atom is 0.416 e. The topological polar surface area (TPSA) is 42.4 Å². The summed E-state index contributed by atoms with van der Waals surface area (Å²) in [4.78, 5) is 18.6. The van der Waals surface area contributed by atoms with Crippen LogP contribution < -0.4 is 0 Å². The molecule has 0 atom stereocenters. The monoisotopic (exact) mass is 386 g/mol. The summed E-state index contributed by atoms with van der Waals surface area (Å²) in [6.07, 6.45) is -4.42. The summed E-state index contributed by atoms with van der Waals surface area (Å²) in [6.45, 7) is 5.40.